The summed E-state index contributed by atoms with van der Waals surface area (Å²) in [5.41, 5.74) is -1.73. The fraction of sp³-hybridized carbons (Fsp3) is 0.522. The predicted octanol–water partition coefficient (Wildman–Crippen LogP) is 0.861. The second-order valence-electron chi connectivity index (χ2n) is 8.55. The van der Waals surface area contributed by atoms with Crippen LogP contribution in [0.5, 0.6) is 0 Å². The van der Waals surface area contributed by atoms with E-state index in [4.69, 9.17) is 4.74 Å². The average Bonchev–Trinajstić information content (AvgIpc) is 3.42. The van der Waals surface area contributed by atoms with E-state index in [1.165, 1.54) is 22.7 Å². The van der Waals surface area contributed by atoms with E-state index < -0.39 is 11.6 Å². The molecular weight excluding hydrogens is 482 g/mol. The third kappa shape index (κ3) is 4.53. The summed E-state index contributed by atoms with van der Waals surface area (Å²) in [6.45, 7) is 8.04. The van der Waals surface area contributed by atoms with Crippen LogP contribution in [-0.2, 0) is 15.1 Å². The van der Waals surface area contributed by atoms with E-state index in [1.54, 1.807) is 12.1 Å². The molecule has 3 saturated heterocycles. The summed E-state index contributed by atoms with van der Waals surface area (Å²) in [7, 11) is 0. The molecule has 7 heteroatoms. The lowest BCUT2D eigenvalue weighted by molar-refractivity contribution is -0.939. The molecule has 0 spiro atoms. The van der Waals surface area contributed by atoms with Gasteiger partial charge in [0, 0.05) is 24.7 Å². The summed E-state index contributed by atoms with van der Waals surface area (Å²) in [5, 5.41) is 15.2. The molecule has 2 aromatic heterocycles. The van der Waals surface area contributed by atoms with Gasteiger partial charge in [0.05, 0.1) is 22.8 Å². The van der Waals surface area contributed by atoms with Crippen LogP contribution in [0, 0.1) is 23.7 Å². The molecule has 1 atom stereocenters. The number of carbonyl (C=O) groups excluding carboxylic acids is 1. The molecule has 0 aliphatic carbocycles. The van der Waals surface area contributed by atoms with E-state index in [9.17, 15) is 9.90 Å². The molecular formula is C23H28BrNO3S2. The minimum Gasteiger partial charge on any atom is -1.00 e. The van der Waals surface area contributed by atoms with Gasteiger partial charge in [0.15, 0.2) is 6.10 Å². The van der Waals surface area contributed by atoms with Crippen LogP contribution >= 0.6 is 22.7 Å². The maximum Gasteiger partial charge on any atom is 0.349 e. The maximum absolute atomic E-state index is 13.3. The lowest BCUT2D eigenvalue weighted by Crippen LogP contribution is -3.00. The molecule has 1 N–H and O–H groups in total. The van der Waals surface area contributed by atoms with Crippen LogP contribution in [0.1, 0.15) is 36.4 Å². The Morgan fingerprint density at radius 1 is 1.23 bits per heavy atom. The van der Waals surface area contributed by atoms with E-state index in [0.29, 0.717) is 21.6 Å². The van der Waals surface area contributed by atoms with Gasteiger partial charge in [0.1, 0.15) is 13.1 Å². The topological polar surface area (TPSA) is 46.5 Å². The number of piperidine rings is 3. The molecule has 162 valence electrons. The summed E-state index contributed by atoms with van der Waals surface area (Å²) in [6.07, 6.45) is 1.95. The second kappa shape index (κ2) is 9.54. The van der Waals surface area contributed by atoms with Crippen molar-refractivity contribution in [2.75, 3.05) is 26.2 Å². The van der Waals surface area contributed by atoms with E-state index >= 15 is 0 Å². The van der Waals surface area contributed by atoms with Gasteiger partial charge in [-0.1, -0.05) is 31.9 Å². The lowest BCUT2D eigenvalue weighted by Gasteiger charge is -2.51. The Kier molecular flexibility index (Phi) is 7.47. The quantitative estimate of drug-likeness (QED) is 0.369. The number of hydrogen-bond acceptors (Lipinski definition) is 5. The van der Waals surface area contributed by atoms with Gasteiger partial charge >= 0.3 is 5.97 Å². The number of rotatable bonds is 5. The Balaban J connectivity index is 0.00000256. The summed E-state index contributed by atoms with van der Waals surface area (Å²) in [5.74, 6) is 6.84. The highest BCUT2D eigenvalue weighted by molar-refractivity contribution is 7.12. The van der Waals surface area contributed by atoms with Gasteiger partial charge in [0.2, 0.25) is 5.60 Å². The van der Waals surface area contributed by atoms with Gasteiger partial charge in [-0.25, -0.2) is 4.79 Å². The van der Waals surface area contributed by atoms with Gasteiger partial charge < -0.3 is 31.3 Å². The van der Waals surface area contributed by atoms with Gasteiger partial charge in [0.25, 0.3) is 0 Å². The highest BCUT2D eigenvalue weighted by Crippen LogP contribution is 2.40. The van der Waals surface area contributed by atoms with Crippen LogP contribution in [0.3, 0.4) is 0 Å². The number of ether oxygens (including phenoxy) is 1. The van der Waals surface area contributed by atoms with Crippen molar-refractivity contribution in [3.8, 4) is 11.8 Å². The Morgan fingerprint density at radius 2 is 1.83 bits per heavy atom. The van der Waals surface area contributed by atoms with Crippen LogP contribution in [0.4, 0.5) is 0 Å². The fourth-order valence-corrected chi connectivity index (χ4v) is 6.22. The Morgan fingerprint density at radius 3 is 2.33 bits per heavy atom. The van der Waals surface area contributed by atoms with E-state index in [-0.39, 0.29) is 23.1 Å². The summed E-state index contributed by atoms with van der Waals surface area (Å²) in [6, 6.07) is 7.32. The van der Waals surface area contributed by atoms with Gasteiger partial charge in [-0.05, 0) is 28.8 Å². The number of hydrogen-bond donors (Lipinski definition) is 1. The molecule has 2 aromatic rings. The molecule has 5 rings (SSSR count). The molecule has 0 amide bonds. The van der Waals surface area contributed by atoms with E-state index in [0.717, 1.165) is 43.5 Å². The van der Waals surface area contributed by atoms with Crippen molar-refractivity contribution < 1.29 is 36.1 Å². The Bertz CT molecular complexity index is 857. The first-order chi connectivity index (χ1) is 13.9. The first-order valence-electron chi connectivity index (χ1n) is 10.3. The zero-order chi connectivity index (χ0) is 20.5. The fourth-order valence-electron chi connectivity index (χ4n) is 4.51. The Labute approximate surface area is 197 Å². The summed E-state index contributed by atoms with van der Waals surface area (Å²) >= 11 is 2.76. The third-order valence-electron chi connectivity index (χ3n) is 6.16. The molecule has 0 unspecified atom stereocenters. The highest BCUT2D eigenvalue weighted by atomic mass is 79.9. The van der Waals surface area contributed by atoms with Crippen molar-refractivity contribution in [1.82, 2.24) is 0 Å². The molecule has 3 aliphatic heterocycles. The third-order valence-corrected chi connectivity index (χ3v) is 8.11. The molecule has 0 aromatic carbocycles. The zero-order valence-corrected chi connectivity index (χ0v) is 20.6. The van der Waals surface area contributed by atoms with Crippen molar-refractivity contribution in [2.45, 2.75) is 38.4 Å². The van der Waals surface area contributed by atoms with E-state index in [2.05, 4.69) is 25.7 Å². The van der Waals surface area contributed by atoms with Crippen LogP contribution in [0.2, 0.25) is 0 Å². The summed E-state index contributed by atoms with van der Waals surface area (Å²) < 4.78 is 6.96. The number of fused-ring (bicyclic) bond motifs is 3. The average molecular weight is 511 g/mol. The van der Waals surface area contributed by atoms with Crippen LogP contribution in [-0.4, -0.2) is 47.8 Å². The monoisotopic (exact) mass is 509 g/mol. The molecule has 30 heavy (non-hydrogen) atoms. The number of nitrogens with zero attached hydrogens (tertiary/aromatic N) is 1. The number of quaternary nitrogens is 1. The van der Waals surface area contributed by atoms with Crippen molar-refractivity contribution in [3.05, 3.63) is 44.8 Å². The normalized spacial score (nSPS) is 25.3. The molecule has 4 nitrogen and oxygen atoms in total. The maximum atomic E-state index is 13.3. The molecule has 3 fully saturated rings. The molecule has 2 bridgehead atoms. The first kappa shape index (κ1) is 23.5. The van der Waals surface area contributed by atoms with Crippen molar-refractivity contribution in [2.24, 2.45) is 11.8 Å². The molecule has 3 aliphatic rings. The van der Waals surface area contributed by atoms with Gasteiger partial charge in [-0.3, -0.25) is 0 Å². The number of carbonyl (C=O) groups is 1. The van der Waals surface area contributed by atoms with Gasteiger partial charge in [-0.2, -0.15) is 0 Å². The number of esters is 1. The van der Waals surface area contributed by atoms with Crippen molar-refractivity contribution >= 4 is 28.6 Å². The van der Waals surface area contributed by atoms with Gasteiger partial charge in [-0.15, -0.1) is 22.7 Å². The highest BCUT2D eigenvalue weighted by Gasteiger charge is 2.51. The minimum absolute atomic E-state index is 0. The largest absolute Gasteiger partial charge is 1.00 e. The summed E-state index contributed by atoms with van der Waals surface area (Å²) in [4.78, 5) is 14.5. The number of halogens is 1. The molecule has 0 saturated carbocycles. The second-order valence-corrected chi connectivity index (χ2v) is 10.4. The lowest BCUT2D eigenvalue weighted by atomic mass is 9.83. The smallest absolute Gasteiger partial charge is 0.349 e. The van der Waals surface area contributed by atoms with Crippen molar-refractivity contribution in [1.29, 1.82) is 0 Å². The predicted molar refractivity (Wildman–Crippen MR) is 117 cm³/mol. The van der Waals surface area contributed by atoms with Crippen LogP contribution in [0.15, 0.2) is 35.0 Å². The molecule has 5 heterocycles. The number of aliphatic hydroxyl groups is 1. The Hall–Kier alpha value is -1.17. The standard InChI is InChI=1S/C23H28NO3S2.BrH/c1-17(2)6-3-11-24-12-9-18(10-13-24)19(16-24)27-22(25)23(26,20-7-4-14-28-20)21-8-5-15-29-21;/h4-5,7-8,14-15,17-19,26H,9-13,16H2,1-2H3;1H/q+1;/p-1/t18?,19-,24?;/m0./s1. The van der Waals surface area contributed by atoms with Crippen molar-refractivity contribution in [3.63, 3.8) is 0 Å². The van der Waals surface area contributed by atoms with Crippen LogP contribution < -0.4 is 17.0 Å². The zero-order valence-electron chi connectivity index (χ0n) is 17.3. The van der Waals surface area contributed by atoms with Crippen LogP contribution in [0.25, 0.3) is 0 Å². The molecule has 0 radical (unpaired) electrons. The van der Waals surface area contributed by atoms with E-state index in [1.807, 2.05) is 22.9 Å². The first-order valence-corrected chi connectivity index (χ1v) is 12.0. The number of thiophene rings is 2. The minimum atomic E-state index is -1.73. The SMILES string of the molecule is CC(C)C#CC[N+]12CCC(CC1)[C@@H](OC(=O)C(O)(c1cccs1)c1cccs1)C2.[Br-].